The van der Waals surface area contributed by atoms with E-state index in [9.17, 15) is 52.7 Å². The van der Waals surface area contributed by atoms with Crippen LogP contribution in [0.1, 0.15) is 56.1 Å². The molecule has 76 heavy (non-hydrogen) atoms. The van der Waals surface area contributed by atoms with Crippen molar-refractivity contribution in [2.24, 2.45) is 39.4 Å². The molecule has 29 heteroatoms. The molecular formula is C47H67N15O12S2. The summed E-state index contributed by atoms with van der Waals surface area (Å²) in [4.78, 5) is 154. The minimum absolute atomic E-state index is 0.00528. The minimum Gasteiger partial charge on any atom is -0.497 e. The first kappa shape index (κ1) is 60.9. The first-order valence-corrected chi connectivity index (χ1v) is 26.6. The molecule has 2 saturated heterocycles. The highest BCUT2D eigenvalue weighted by Gasteiger charge is 2.40. The number of carbonyl (C=O) groups is 11. The molecule has 0 aliphatic carbocycles. The summed E-state index contributed by atoms with van der Waals surface area (Å²) in [6.07, 6.45) is -1.26. The summed E-state index contributed by atoms with van der Waals surface area (Å²) in [5.74, 6) is -9.76. The van der Waals surface area contributed by atoms with Crippen LogP contribution in [0.15, 0.2) is 59.6 Å². The fourth-order valence-corrected chi connectivity index (χ4v) is 10.2. The number of hydrogen-bond donors (Lipinski definition) is 13. The normalized spacial score (nSPS) is 22.4. The number of methoxy groups -OCH3 is 1. The molecule has 11 amide bonds. The molecular weight excluding hydrogens is 1030 g/mol. The molecule has 2 aromatic rings. The lowest BCUT2D eigenvalue weighted by Gasteiger charge is -2.31. The second-order valence-corrected chi connectivity index (χ2v) is 20.3. The van der Waals surface area contributed by atoms with Crippen molar-refractivity contribution in [1.29, 1.82) is 0 Å². The van der Waals surface area contributed by atoms with E-state index in [1.54, 1.807) is 54.6 Å². The average Bonchev–Trinajstić information content (AvgIpc) is 3.88. The number of likely N-dealkylation sites (tertiary alicyclic amines) is 1. The van der Waals surface area contributed by atoms with Gasteiger partial charge in [0.1, 0.15) is 48.0 Å². The largest absolute Gasteiger partial charge is 0.497 e. The molecule has 0 spiro atoms. The molecule has 0 radical (unpaired) electrons. The summed E-state index contributed by atoms with van der Waals surface area (Å²) >= 11 is 0. The van der Waals surface area contributed by atoms with Gasteiger partial charge >= 0.3 is 0 Å². The molecule has 2 heterocycles. The van der Waals surface area contributed by atoms with Gasteiger partial charge in [-0.3, -0.25) is 57.7 Å². The van der Waals surface area contributed by atoms with Crippen LogP contribution >= 0.6 is 21.6 Å². The number of guanidine groups is 1. The van der Waals surface area contributed by atoms with Crippen LogP contribution in [-0.4, -0.2) is 162 Å². The number of benzene rings is 2. The maximum atomic E-state index is 14.6. The highest BCUT2D eigenvalue weighted by Crippen LogP contribution is 2.26. The standard InChI is InChI=1S/C47H67N15O12S2/c1-74-27-13-11-26(12-14-27)20-31-43(70)59-32(19-25-7-3-2-4-8-25)42(69)56-30(15-16-36(49)63)41(68)60-33(21-37(50)64)44(71)61-34(24-76-75-23-28(48)39(66)58-31)46(73)62-18-6-10-35(62)45(72)57-29(9-5-17-54-47(52)53)40(67)55-22-38(51)65/h2-4,7-8,11-14,28-35H,5-6,9-10,15-24,48H2,1H3,(H2,49,63)(H2,50,64)(H2,51,65)(H,55,67)(H,56,69)(H,57,72)(H,58,66)(H,59,70)(H,60,68)(H,61,71)(H4,52,53,54)/t28-,29+,30-,31-,32+,33+,34+,35-/m1/s1. The van der Waals surface area contributed by atoms with E-state index in [0.29, 0.717) is 23.3 Å². The molecule has 19 N–H and O–H groups in total. The summed E-state index contributed by atoms with van der Waals surface area (Å²) in [6.45, 7) is -0.429. The van der Waals surface area contributed by atoms with Crippen LogP contribution in [0.2, 0.25) is 0 Å². The Bertz CT molecular complexity index is 2430. The lowest BCUT2D eigenvalue weighted by Crippen LogP contribution is -2.61. The van der Waals surface area contributed by atoms with Crippen LogP contribution in [0.25, 0.3) is 0 Å². The number of rotatable bonds is 20. The van der Waals surface area contributed by atoms with Crippen molar-refractivity contribution in [1.82, 2.24) is 42.1 Å². The molecule has 0 aromatic heterocycles. The summed E-state index contributed by atoms with van der Waals surface area (Å²) in [7, 11) is 3.50. The average molecular weight is 1100 g/mol. The maximum absolute atomic E-state index is 14.6. The number of nitrogens with one attached hydrogen (secondary N) is 7. The highest BCUT2D eigenvalue weighted by molar-refractivity contribution is 8.76. The molecule has 0 bridgehead atoms. The van der Waals surface area contributed by atoms with E-state index in [1.165, 1.54) is 12.0 Å². The van der Waals surface area contributed by atoms with Crippen LogP contribution in [0.3, 0.4) is 0 Å². The Morgan fingerprint density at radius 1 is 0.724 bits per heavy atom. The van der Waals surface area contributed by atoms with E-state index in [1.807, 2.05) is 0 Å². The topological polar surface area (TPSA) is 453 Å². The van der Waals surface area contributed by atoms with Gasteiger partial charge in [-0.25, -0.2) is 0 Å². The van der Waals surface area contributed by atoms with Gasteiger partial charge in [-0.15, -0.1) is 0 Å². The number of aliphatic imine (C=N–C) groups is 1. The molecule has 2 aliphatic heterocycles. The second-order valence-electron chi connectivity index (χ2n) is 17.8. The van der Waals surface area contributed by atoms with Crippen LogP contribution < -0.4 is 76.4 Å². The van der Waals surface area contributed by atoms with E-state index in [4.69, 9.17) is 39.1 Å². The second kappa shape index (κ2) is 30.6. The van der Waals surface area contributed by atoms with Crippen molar-refractivity contribution in [2.75, 3.05) is 38.2 Å². The van der Waals surface area contributed by atoms with E-state index in [-0.39, 0.29) is 62.7 Å². The van der Waals surface area contributed by atoms with Gasteiger partial charge in [-0.05, 0) is 55.4 Å². The van der Waals surface area contributed by atoms with Gasteiger partial charge in [-0.1, -0.05) is 64.1 Å². The predicted octanol–water partition coefficient (Wildman–Crippen LogP) is -5.10. The fourth-order valence-electron chi connectivity index (χ4n) is 7.93. The van der Waals surface area contributed by atoms with Crippen LogP contribution in [0, 0.1) is 0 Å². The number of ether oxygens (including phenoxy) is 1. The quantitative estimate of drug-likeness (QED) is 0.0255. The van der Waals surface area contributed by atoms with Gasteiger partial charge in [0.05, 0.1) is 26.1 Å². The summed E-state index contributed by atoms with van der Waals surface area (Å²) < 4.78 is 5.27. The van der Waals surface area contributed by atoms with Crippen molar-refractivity contribution in [3.8, 4) is 5.75 Å². The molecule has 4 rings (SSSR count). The molecule has 2 fully saturated rings. The third-order valence-corrected chi connectivity index (χ3v) is 14.3. The summed E-state index contributed by atoms with van der Waals surface area (Å²) in [6, 6.07) is 3.85. The first-order valence-electron chi connectivity index (χ1n) is 24.1. The molecule has 8 atom stereocenters. The maximum Gasteiger partial charge on any atom is 0.246 e. The van der Waals surface area contributed by atoms with Gasteiger partial charge in [0, 0.05) is 43.9 Å². The Hall–Kier alpha value is -7.66. The van der Waals surface area contributed by atoms with Crippen LogP contribution in [-0.2, 0) is 65.6 Å². The zero-order valence-corrected chi connectivity index (χ0v) is 43.4. The third kappa shape index (κ3) is 20.2. The molecule has 2 aromatic carbocycles. The number of primary amides is 3. The Kier molecular flexibility index (Phi) is 24.6. The zero-order chi connectivity index (χ0) is 55.9. The number of hydrogen-bond acceptors (Lipinski definition) is 16. The van der Waals surface area contributed by atoms with Crippen molar-refractivity contribution >= 4 is 92.5 Å². The molecule has 27 nitrogen and oxygen atoms in total. The Balaban J connectivity index is 1.71. The number of nitrogens with zero attached hydrogens (tertiary/aromatic N) is 2. The predicted molar refractivity (Wildman–Crippen MR) is 280 cm³/mol. The van der Waals surface area contributed by atoms with E-state index in [0.717, 1.165) is 21.6 Å². The smallest absolute Gasteiger partial charge is 0.246 e. The van der Waals surface area contributed by atoms with E-state index in [2.05, 4.69) is 42.2 Å². The molecule has 0 unspecified atom stereocenters. The Morgan fingerprint density at radius 2 is 1.30 bits per heavy atom. The summed E-state index contributed by atoms with van der Waals surface area (Å²) in [5, 5.41) is 17.9. The zero-order valence-electron chi connectivity index (χ0n) is 41.8. The minimum atomic E-state index is -1.79. The third-order valence-electron chi connectivity index (χ3n) is 11.9. The number of carbonyl (C=O) groups excluding carboxylic acids is 11. The summed E-state index contributed by atoms with van der Waals surface area (Å²) in [5.41, 5.74) is 34.6. The number of nitrogens with two attached hydrogens (primary N) is 6. The van der Waals surface area contributed by atoms with Gasteiger partial charge in [0.2, 0.25) is 65.0 Å². The van der Waals surface area contributed by atoms with Crippen molar-refractivity contribution in [3.63, 3.8) is 0 Å². The molecule has 414 valence electrons. The molecule has 2 aliphatic rings. The van der Waals surface area contributed by atoms with Crippen molar-refractivity contribution in [2.45, 2.75) is 106 Å². The van der Waals surface area contributed by atoms with Crippen molar-refractivity contribution < 1.29 is 57.5 Å². The van der Waals surface area contributed by atoms with E-state index >= 15 is 0 Å². The van der Waals surface area contributed by atoms with Crippen molar-refractivity contribution in [3.05, 3.63) is 65.7 Å². The van der Waals surface area contributed by atoms with E-state index < -0.39 is 139 Å². The van der Waals surface area contributed by atoms with Crippen LogP contribution in [0.5, 0.6) is 5.75 Å². The lowest BCUT2D eigenvalue weighted by atomic mass is 10.0. The SMILES string of the molecule is COc1ccc(C[C@H]2NC(=O)[C@H](N)CSSC[C@@H](C(=O)N3CCC[C@@H]3C(=O)N[C@@H](CCCN=C(N)N)C(=O)NCC(N)=O)NC(=O)[C@H](CC(N)=O)NC(=O)[C@@H](CCC(N)=O)NC(=O)[C@H](Cc3ccccc3)NC2=O)cc1. The van der Waals surface area contributed by atoms with Gasteiger partial charge in [-0.2, -0.15) is 0 Å². The van der Waals surface area contributed by atoms with Gasteiger partial charge < -0.3 is 81.3 Å². The highest BCUT2D eigenvalue weighted by atomic mass is 33.1. The van der Waals surface area contributed by atoms with Gasteiger partial charge in [0.15, 0.2) is 5.96 Å². The lowest BCUT2D eigenvalue weighted by molar-refractivity contribution is -0.142. The Labute approximate surface area is 445 Å². The molecule has 0 saturated carbocycles. The monoisotopic (exact) mass is 1100 g/mol. The Morgan fingerprint density at radius 3 is 1.91 bits per heavy atom. The van der Waals surface area contributed by atoms with Crippen LogP contribution in [0.4, 0.5) is 0 Å². The number of amides is 11. The van der Waals surface area contributed by atoms with Gasteiger partial charge in [0.25, 0.3) is 0 Å². The first-order chi connectivity index (χ1) is 36.1. The fraction of sp³-hybridized carbons (Fsp3) is 0.489.